The molecule has 0 aliphatic heterocycles. The third kappa shape index (κ3) is 5.32. The van der Waals surface area contributed by atoms with Crippen molar-refractivity contribution in [3.63, 3.8) is 0 Å². The summed E-state index contributed by atoms with van der Waals surface area (Å²) in [6.07, 6.45) is 1.48. The first-order valence-corrected chi connectivity index (χ1v) is 11.0. The maximum atomic E-state index is 6.22. The van der Waals surface area contributed by atoms with E-state index in [-0.39, 0.29) is 6.10 Å². The van der Waals surface area contributed by atoms with Crippen molar-refractivity contribution in [1.29, 1.82) is 0 Å². The molecule has 0 aliphatic carbocycles. The first-order chi connectivity index (χ1) is 13.5. The van der Waals surface area contributed by atoms with Crippen LogP contribution in [0.3, 0.4) is 0 Å². The lowest BCUT2D eigenvalue weighted by atomic mass is 10.2. The van der Waals surface area contributed by atoms with Crippen molar-refractivity contribution >= 4 is 50.9 Å². The maximum absolute atomic E-state index is 6.22. The van der Waals surface area contributed by atoms with Crippen LogP contribution >= 0.6 is 50.9 Å². The molecule has 0 spiro atoms. The van der Waals surface area contributed by atoms with Gasteiger partial charge >= 0.3 is 0 Å². The summed E-state index contributed by atoms with van der Waals surface area (Å²) in [6.45, 7) is 6.35. The molecule has 1 atom stereocenters. The molecule has 1 heterocycles. The predicted octanol–water partition coefficient (Wildman–Crippen LogP) is 6.97. The van der Waals surface area contributed by atoms with E-state index >= 15 is 0 Å². The van der Waals surface area contributed by atoms with Gasteiger partial charge in [0.25, 0.3) is 0 Å². The van der Waals surface area contributed by atoms with Gasteiger partial charge in [-0.1, -0.05) is 69.1 Å². The number of allylic oxidation sites excluding steroid dienone is 1. The second-order valence-corrected chi connectivity index (χ2v) is 8.69. The number of ether oxygens (including phenoxy) is 1. The van der Waals surface area contributed by atoms with Crippen molar-refractivity contribution in [2.75, 3.05) is 0 Å². The van der Waals surface area contributed by atoms with Crippen LogP contribution in [0.4, 0.5) is 0 Å². The highest BCUT2D eigenvalue weighted by Crippen LogP contribution is 2.32. The Kier molecular flexibility index (Phi) is 7.46. The molecule has 1 unspecified atom stereocenters. The van der Waals surface area contributed by atoms with Crippen molar-refractivity contribution in [3.8, 4) is 5.75 Å². The van der Waals surface area contributed by atoms with Gasteiger partial charge in [0.15, 0.2) is 17.1 Å². The molecule has 3 aromatic rings. The van der Waals surface area contributed by atoms with Crippen molar-refractivity contribution in [2.45, 2.75) is 30.5 Å². The van der Waals surface area contributed by atoms with E-state index in [1.54, 1.807) is 30.0 Å². The Labute approximate surface area is 187 Å². The molecule has 0 bridgehead atoms. The van der Waals surface area contributed by atoms with Crippen LogP contribution in [0.5, 0.6) is 5.75 Å². The van der Waals surface area contributed by atoms with Gasteiger partial charge in [-0.05, 0) is 42.8 Å². The molecule has 1 aromatic heterocycles. The number of benzene rings is 2. The number of halogens is 3. The topological polar surface area (TPSA) is 39.9 Å². The summed E-state index contributed by atoms with van der Waals surface area (Å²) in [5.74, 6) is 2.06. The number of aromatic nitrogens is 3. The average Bonchev–Trinajstić information content (AvgIpc) is 3.07. The highest BCUT2D eigenvalue weighted by Gasteiger charge is 2.20. The van der Waals surface area contributed by atoms with Crippen LogP contribution < -0.4 is 4.74 Å². The van der Waals surface area contributed by atoms with Gasteiger partial charge in [-0.15, -0.1) is 16.8 Å². The lowest BCUT2D eigenvalue weighted by Crippen LogP contribution is -2.12. The molecule has 28 heavy (non-hydrogen) atoms. The van der Waals surface area contributed by atoms with Crippen LogP contribution in [-0.2, 0) is 12.3 Å². The first kappa shape index (κ1) is 21.2. The Balaban J connectivity index is 1.77. The van der Waals surface area contributed by atoms with E-state index in [0.29, 0.717) is 28.2 Å². The Morgan fingerprint density at radius 2 is 1.96 bits per heavy atom. The minimum absolute atomic E-state index is 0.340. The number of rotatable bonds is 8. The number of hydrogen-bond donors (Lipinski definition) is 0. The fraction of sp³-hybridized carbons (Fsp3) is 0.200. The van der Waals surface area contributed by atoms with Crippen LogP contribution in [0.2, 0.25) is 10.0 Å². The van der Waals surface area contributed by atoms with Crippen LogP contribution in [0.15, 0.2) is 64.7 Å². The SMILES string of the molecule is C=CCn1c(SCc2ccc(Br)cc2)nnc1C(C)Oc1ccc(Cl)cc1Cl. The highest BCUT2D eigenvalue weighted by molar-refractivity contribution is 9.10. The molecule has 2 aromatic carbocycles. The van der Waals surface area contributed by atoms with E-state index in [2.05, 4.69) is 44.8 Å². The molecule has 0 N–H and O–H groups in total. The minimum atomic E-state index is -0.340. The number of nitrogens with zero attached hydrogens (tertiary/aromatic N) is 3. The molecular formula is C20H18BrCl2N3OS. The van der Waals surface area contributed by atoms with Crippen LogP contribution in [0.1, 0.15) is 24.4 Å². The van der Waals surface area contributed by atoms with Gasteiger partial charge < -0.3 is 4.74 Å². The molecule has 146 valence electrons. The molecular weight excluding hydrogens is 481 g/mol. The maximum Gasteiger partial charge on any atom is 0.191 e. The van der Waals surface area contributed by atoms with Crippen molar-refractivity contribution in [3.05, 3.63) is 81.0 Å². The van der Waals surface area contributed by atoms with Crippen molar-refractivity contribution in [2.24, 2.45) is 0 Å². The van der Waals surface area contributed by atoms with E-state index in [1.807, 2.05) is 29.7 Å². The molecule has 3 rings (SSSR count). The summed E-state index contributed by atoms with van der Waals surface area (Å²) < 4.78 is 9.07. The molecule has 0 saturated heterocycles. The molecule has 0 saturated carbocycles. The van der Waals surface area contributed by atoms with E-state index in [0.717, 1.165) is 15.4 Å². The summed E-state index contributed by atoms with van der Waals surface area (Å²) in [5, 5.41) is 10.5. The molecule has 4 nitrogen and oxygen atoms in total. The smallest absolute Gasteiger partial charge is 0.191 e. The van der Waals surface area contributed by atoms with Gasteiger partial charge in [0, 0.05) is 21.8 Å². The Hall–Kier alpha value is -1.47. The second kappa shape index (κ2) is 9.83. The van der Waals surface area contributed by atoms with Crippen LogP contribution in [0.25, 0.3) is 0 Å². The van der Waals surface area contributed by atoms with Gasteiger partial charge in [0.2, 0.25) is 0 Å². The Bertz CT molecular complexity index is 963. The number of hydrogen-bond acceptors (Lipinski definition) is 4. The Morgan fingerprint density at radius 1 is 1.21 bits per heavy atom. The summed E-state index contributed by atoms with van der Waals surface area (Å²) in [4.78, 5) is 0. The molecule has 0 aliphatic rings. The summed E-state index contributed by atoms with van der Waals surface area (Å²) in [7, 11) is 0. The highest BCUT2D eigenvalue weighted by atomic mass is 79.9. The van der Waals surface area contributed by atoms with Gasteiger partial charge in [0.1, 0.15) is 5.75 Å². The van der Waals surface area contributed by atoms with E-state index < -0.39 is 0 Å². The van der Waals surface area contributed by atoms with Gasteiger partial charge in [-0.25, -0.2) is 0 Å². The summed E-state index contributed by atoms with van der Waals surface area (Å²) in [6, 6.07) is 13.4. The van der Waals surface area contributed by atoms with Crippen LogP contribution in [0, 0.1) is 0 Å². The largest absolute Gasteiger partial charge is 0.481 e. The standard InChI is InChI=1S/C20H18BrCl2N3OS/c1-3-10-26-19(13(2)27-18-9-8-16(22)11-17(18)23)24-25-20(26)28-12-14-4-6-15(21)7-5-14/h3-9,11,13H,1,10,12H2,2H3. The van der Waals surface area contributed by atoms with Crippen molar-refractivity contribution in [1.82, 2.24) is 14.8 Å². The molecule has 0 amide bonds. The zero-order valence-electron chi connectivity index (χ0n) is 15.1. The summed E-state index contributed by atoms with van der Waals surface area (Å²) in [5.41, 5.74) is 1.21. The lowest BCUT2D eigenvalue weighted by Gasteiger charge is -2.16. The zero-order chi connectivity index (χ0) is 20.1. The summed E-state index contributed by atoms with van der Waals surface area (Å²) >= 11 is 17.2. The average molecular weight is 499 g/mol. The minimum Gasteiger partial charge on any atom is -0.481 e. The Morgan fingerprint density at radius 3 is 2.64 bits per heavy atom. The molecule has 0 radical (unpaired) electrons. The monoisotopic (exact) mass is 497 g/mol. The third-order valence-corrected chi connectivity index (χ3v) is 6.00. The normalized spacial score (nSPS) is 12.0. The molecule has 8 heteroatoms. The van der Waals surface area contributed by atoms with Gasteiger partial charge in [-0.3, -0.25) is 4.57 Å². The predicted molar refractivity (Wildman–Crippen MR) is 119 cm³/mol. The van der Waals surface area contributed by atoms with Crippen LogP contribution in [-0.4, -0.2) is 14.8 Å². The van der Waals surface area contributed by atoms with E-state index in [9.17, 15) is 0 Å². The molecule has 0 fully saturated rings. The fourth-order valence-corrected chi connectivity index (χ4v) is 4.18. The van der Waals surface area contributed by atoms with E-state index in [1.165, 1.54) is 5.56 Å². The quantitative estimate of drug-likeness (QED) is 0.248. The zero-order valence-corrected chi connectivity index (χ0v) is 19.0. The van der Waals surface area contributed by atoms with Crippen molar-refractivity contribution < 1.29 is 4.74 Å². The number of thioether (sulfide) groups is 1. The van der Waals surface area contributed by atoms with Gasteiger partial charge in [-0.2, -0.15) is 0 Å². The first-order valence-electron chi connectivity index (χ1n) is 8.51. The lowest BCUT2D eigenvalue weighted by molar-refractivity contribution is 0.210. The second-order valence-electron chi connectivity index (χ2n) is 5.99. The fourth-order valence-electron chi connectivity index (χ4n) is 2.55. The van der Waals surface area contributed by atoms with Gasteiger partial charge in [0.05, 0.1) is 5.02 Å². The van der Waals surface area contributed by atoms with E-state index in [4.69, 9.17) is 27.9 Å². The third-order valence-electron chi connectivity index (χ3n) is 3.90.